The molecule has 0 atom stereocenters. The summed E-state index contributed by atoms with van der Waals surface area (Å²) in [7, 11) is 0. The summed E-state index contributed by atoms with van der Waals surface area (Å²) in [5, 5.41) is 2.90. The molecule has 0 unspecified atom stereocenters. The van der Waals surface area contributed by atoms with Crippen molar-refractivity contribution in [3.05, 3.63) is 101 Å². The van der Waals surface area contributed by atoms with Crippen molar-refractivity contribution in [2.24, 2.45) is 0 Å². The van der Waals surface area contributed by atoms with Gasteiger partial charge in [-0.3, -0.25) is 19.4 Å². The zero-order chi connectivity index (χ0) is 24.7. The second kappa shape index (κ2) is 11.7. The molecule has 4 aromatic rings. The number of carbonyl (C=O) groups is 2. The van der Waals surface area contributed by atoms with Crippen LogP contribution in [0.25, 0.3) is 10.1 Å². The van der Waals surface area contributed by atoms with Crippen LogP contribution in [-0.4, -0.2) is 39.9 Å². The molecule has 5 nitrogen and oxygen atoms in total. The molecule has 1 aliphatic heterocycles. The first-order chi connectivity index (χ1) is 17.7. The molecule has 0 saturated carbocycles. The fourth-order valence-corrected chi connectivity index (χ4v) is 6.06. The van der Waals surface area contributed by atoms with E-state index in [0.717, 1.165) is 59.2 Å². The Bertz CT molecular complexity index is 1270. The molecule has 3 aromatic carbocycles. The summed E-state index contributed by atoms with van der Waals surface area (Å²) in [4.78, 5) is 27.9. The van der Waals surface area contributed by atoms with Gasteiger partial charge in [-0.2, -0.15) is 0 Å². The van der Waals surface area contributed by atoms with Gasteiger partial charge in [0, 0.05) is 29.7 Å². The van der Waals surface area contributed by atoms with Gasteiger partial charge in [0.05, 0.1) is 18.9 Å². The maximum Gasteiger partial charge on any atom is 0.289 e. The quantitative estimate of drug-likeness (QED) is 0.211. The average Bonchev–Trinajstić information content (AvgIpc) is 3.52. The lowest BCUT2D eigenvalue weighted by Gasteiger charge is -2.23. The Morgan fingerprint density at radius 3 is 2.19 bits per heavy atom. The molecular weight excluding hydrogens is 488 g/mol. The highest BCUT2D eigenvalue weighted by Crippen LogP contribution is 2.34. The van der Waals surface area contributed by atoms with Crippen molar-refractivity contribution in [2.45, 2.75) is 26.1 Å². The van der Waals surface area contributed by atoms with Crippen molar-refractivity contribution < 1.29 is 14.3 Å². The highest BCUT2D eigenvalue weighted by molar-refractivity contribution is 8.14. The topological polar surface area (TPSA) is 49.9 Å². The number of fused-ring (bicyclic) bond motifs is 1. The number of carbonyl (C=O) groups excluding carboxylic acids is 2. The summed E-state index contributed by atoms with van der Waals surface area (Å²) in [5.41, 5.74) is 3.59. The van der Waals surface area contributed by atoms with Crippen LogP contribution in [0, 0.1) is 0 Å². The van der Waals surface area contributed by atoms with E-state index in [2.05, 4.69) is 71.6 Å². The number of nitrogens with zero attached hydrogens (tertiary/aromatic N) is 2. The molecule has 0 aliphatic carbocycles. The summed E-state index contributed by atoms with van der Waals surface area (Å²) in [6.45, 7) is 3.64. The van der Waals surface area contributed by atoms with Crippen LogP contribution in [0.5, 0.6) is 5.75 Å². The molecule has 184 valence electrons. The van der Waals surface area contributed by atoms with E-state index in [4.69, 9.17) is 4.74 Å². The Morgan fingerprint density at radius 1 is 0.861 bits per heavy atom. The predicted molar refractivity (Wildman–Crippen MR) is 147 cm³/mol. The number of thioether (sulfide) groups is 1. The molecule has 0 radical (unpaired) electrons. The monoisotopic (exact) mass is 516 g/mol. The molecule has 1 fully saturated rings. The minimum atomic E-state index is -0.166. The summed E-state index contributed by atoms with van der Waals surface area (Å²) in [6.07, 6.45) is 0.904. The lowest BCUT2D eigenvalue weighted by atomic mass is 10.1. The van der Waals surface area contributed by atoms with Crippen LogP contribution < -0.4 is 4.74 Å². The number of hydrogen-bond donors (Lipinski definition) is 0. The number of thiophene rings is 1. The first kappa shape index (κ1) is 24.6. The van der Waals surface area contributed by atoms with Gasteiger partial charge in [-0.25, -0.2) is 0 Å². The zero-order valence-corrected chi connectivity index (χ0v) is 21.6. The van der Waals surface area contributed by atoms with Crippen LogP contribution in [0.15, 0.2) is 84.2 Å². The lowest BCUT2D eigenvalue weighted by molar-refractivity contribution is -0.124. The molecular formula is C29H28N2O3S2. The maximum absolute atomic E-state index is 12.0. The zero-order valence-electron chi connectivity index (χ0n) is 20.0. The van der Waals surface area contributed by atoms with E-state index in [0.29, 0.717) is 13.2 Å². The lowest BCUT2D eigenvalue weighted by Crippen LogP contribution is -2.27. The number of hydrogen-bond acceptors (Lipinski definition) is 6. The Labute approximate surface area is 219 Å². The van der Waals surface area contributed by atoms with Crippen LogP contribution in [0.1, 0.15) is 23.1 Å². The Morgan fingerprint density at radius 2 is 1.56 bits per heavy atom. The van der Waals surface area contributed by atoms with Gasteiger partial charge in [0.15, 0.2) is 0 Å². The van der Waals surface area contributed by atoms with E-state index in [1.807, 2.05) is 17.5 Å². The molecule has 5 rings (SSSR count). The fourth-order valence-electron chi connectivity index (χ4n) is 4.42. The minimum Gasteiger partial charge on any atom is -0.493 e. The van der Waals surface area contributed by atoms with Gasteiger partial charge < -0.3 is 4.74 Å². The van der Waals surface area contributed by atoms with Crippen molar-refractivity contribution in [3.63, 3.8) is 0 Å². The molecule has 0 bridgehead atoms. The maximum atomic E-state index is 12.0. The van der Waals surface area contributed by atoms with Gasteiger partial charge in [-0.1, -0.05) is 78.5 Å². The molecule has 1 aromatic heterocycles. The molecule has 2 heterocycles. The first-order valence-electron chi connectivity index (χ1n) is 12.1. The molecule has 7 heteroatoms. The van der Waals surface area contributed by atoms with E-state index in [1.165, 1.54) is 16.0 Å². The SMILES string of the molecule is O=C1CSC(=O)N1Cc1ccc(OCCCN(Cc2ccccc2)Cc2ccccc2)c2ccsc12. The fraction of sp³-hybridized carbons (Fsp3) is 0.241. The summed E-state index contributed by atoms with van der Waals surface area (Å²) >= 11 is 2.69. The second-order valence-corrected chi connectivity index (χ2v) is 10.6. The number of ether oxygens (including phenoxy) is 1. The van der Waals surface area contributed by atoms with E-state index in [-0.39, 0.29) is 16.9 Å². The number of imide groups is 1. The molecule has 1 saturated heterocycles. The normalized spacial score (nSPS) is 13.8. The van der Waals surface area contributed by atoms with Crippen LogP contribution in [-0.2, 0) is 24.4 Å². The molecule has 0 N–H and O–H groups in total. The van der Waals surface area contributed by atoms with E-state index < -0.39 is 0 Å². The van der Waals surface area contributed by atoms with Crippen LogP contribution in [0.3, 0.4) is 0 Å². The third kappa shape index (κ3) is 5.98. The van der Waals surface area contributed by atoms with Crippen LogP contribution in [0.2, 0.25) is 0 Å². The van der Waals surface area contributed by atoms with Crippen LogP contribution in [0.4, 0.5) is 4.79 Å². The van der Waals surface area contributed by atoms with E-state index >= 15 is 0 Å². The van der Waals surface area contributed by atoms with Crippen molar-refractivity contribution in [1.29, 1.82) is 0 Å². The number of rotatable bonds is 11. The van der Waals surface area contributed by atoms with E-state index in [1.54, 1.807) is 11.3 Å². The molecule has 1 aliphatic rings. The smallest absolute Gasteiger partial charge is 0.289 e. The van der Waals surface area contributed by atoms with Gasteiger partial charge in [0.1, 0.15) is 5.75 Å². The third-order valence-corrected chi connectivity index (χ3v) is 8.05. The summed E-state index contributed by atoms with van der Waals surface area (Å²) < 4.78 is 7.29. The van der Waals surface area contributed by atoms with Gasteiger partial charge in [-0.15, -0.1) is 11.3 Å². The number of amides is 2. The van der Waals surface area contributed by atoms with Crippen LogP contribution >= 0.6 is 23.1 Å². The van der Waals surface area contributed by atoms with Crippen molar-refractivity contribution in [3.8, 4) is 5.75 Å². The number of benzene rings is 3. The Kier molecular flexibility index (Phi) is 8.01. The predicted octanol–water partition coefficient (Wildman–Crippen LogP) is 6.57. The molecule has 2 amide bonds. The van der Waals surface area contributed by atoms with Crippen molar-refractivity contribution in [2.75, 3.05) is 18.9 Å². The summed E-state index contributed by atoms with van der Waals surface area (Å²) in [5.74, 6) is 0.964. The van der Waals surface area contributed by atoms with E-state index in [9.17, 15) is 9.59 Å². The van der Waals surface area contributed by atoms with Gasteiger partial charge in [0.25, 0.3) is 5.24 Å². The average molecular weight is 517 g/mol. The van der Waals surface area contributed by atoms with Gasteiger partial charge in [0.2, 0.25) is 5.91 Å². The Hall–Kier alpha value is -3.13. The third-order valence-electron chi connectivity index (χ3n) is 6.20. The largest absolute Gasteiger partial charge is 0.493 e. The summed E-state index contributed by atoms with van der Waals surface area (Å²) in [6, 6.07) is 27.1. The standard InChI is InChI=1S/C29H28N2O3S2/c32-27-21-36-29(33)31(27)20-24-12-13-26(25-14-17-35-28(24)25)34-16-7-15-30(18-22-8-3-1-4-9-22)19-23-10-5-2-6-11-23/h1-6,8-14,17H,7,15-16,18-21H2. The van der Waals surface area contributed by atoms with Crippen molar-refractivity contribution in [1.82, 2.24) is 9.80 Å². The minimum absolute atomic E-state index is 0.120. The Balaban J connectivity index is 1.21. The van der Waals surface area contributed by atoms with Gasteiger partial charge >= 0.3 is 0 Å². The highest BCUT2D eigenvalue weighted by Gasteiger charge is 2.30. The first-order valence-corrected chi connectivity index (χ1v) is 13.9. The highest BCUT2D eigenvalue weighted by atomic mass is 32.2. The van der Waals surface area contributed by atoms with Crippen molar-refractivity contribution >= 4 is 44.3 Å². The molecule has 0 spiro atoms. The van der Waals surface area contributed by atoms with Gasteiger partial charge in [-0.05, 0) is 40.6 Å². The molecule has 36 heavy (non-hydrogen) atoms. The second-order valence-electron chi connectivity index (χ2n) is 8.80.